The molecule has 0 aliphatic heterocycles. The molecule has 1 fully saturated rings. The Morgan fingerprint density at radius 3 is 2.48 bits per heavy atom. The van der Waals surface area contributed by atoms with E-state index in [0.717, 1.165) is 6.42 Å². The standard InChI is InChI=1S/C17H23NO5/c1-17(2)9-12(17)16(21)18-13(8-15(19)20)11-6-5-10(22-3)7-14(11)23-4/h5-7,12-13H,8-9H2,1-4H3,(H,18,21)(H,19,20)/t12-,13?/m1/s1. The molecule has 0 aromatic heterocycles. The molecular formula is C17H23NO5. The lowest BCUT2D eigenvalue weighted by atomic mass is 10.0. The molecule has 1 unspecified atom stereocenters. The SMILES string of the molecule is COc1ccc(C(CC(=O)O)NC(=O)[C@H]2CC2(C)C)c(OC)c1. The van der Waals surface area contributed by atoms with Crippen molar-refractivity contribution in [3.8, 4) is 11.5 Å². The molecule has 0 heterocycles. The van der Waals surface area contributed by atoms with E-state index >= 15 is 0 Å². The van der Waals surface area contributed by atoms with E-state index < -0.39 is 12.0 Å². The van der Waals surface area contributed by atoms with Crippen molar-refractivity contribution < 1.29 is 24.2 Å². The van der Waals surface area contributed by atoms with Gasteiger partial charge in [0.1, 0.15) is 11.5 Å². The van der Waals surface area contributed by atoms with Gasteiger partial charge in [-0.05, 0) is 24.0 Å². The molecule has 6 nitrogen and oxygen atoms in total. The van der Waals surface area contributed by atoms with Crippen molar-refractivity contribution in [3.63, 3.8) is 0 Å². The highest BCUT2D eigenvalue weighted by atomic mass is 16.5. The molecule has 2 atom stereocenters. The molecule has 2 rings (SSSR count). The molecule has 1 aromatic rings. The first-order chi connectivity index (χ1) is 10.8. The molecule has 0 saturated heterocycles. The molecule has 1 aliphatic carbocycles. The maximum absolute atomic E-state index is 12.3. The van der Waals surface area contributed by atoms with Gasteiger partial charge in [0, 0.05) is 17.5 Å². The molecule has 0 spiro atoms. The predicted molar refractivity (Wildman–Crippen MR) is 84.6 cm³/mol. The van der Waals surface area contributed by atoms with E-state index in [0.29, 0.717) is 17.1 Å². The average Bonchev–Trinajstić information content (AvgIpc) is 3.14. The zero-order valence-corrected chi connectivity index (χ0v) is 13.9. The van der Waals surface area contributed by atoms with Gasteiger partial charge in [-0.3, -0.25) is 9.59 Å². The summed E-state index contributed by atoms with van der Waals surface area (Å²) in [5.41, 5.74) is 0.615. The van der Waals surface area contributed by atoms with E-state index in [9.17, 15) is 9.59 Å². The zero-order valence-electron chi connectivity index (χ0n) is 13.9. The zero-order chi connectivity index (χ0) is 17.2. The van der Waals surface area contributed by atoms with Gasteiger partial charge in [0.05, 0.1) is 26.7 Å². The number of hydrogen-bond donors (Lipinski definition) is 2. The van der Waals surface area contributed by atoms with Crippen molar-refractivity contribution in [2.45, 2.75) is 32.7 Å². The summed E-state index contributed by atoms with van der Waals surface area (Å²) in [4.78, 5) is 23.5. The van der Waals surface area contributed by atoms with Crippen molar-refractivity contribution in [1.82, 2.24) is 5.32 Å². The van der Waals surface area contributed by atoms with Crippen LogP contribution in [0.15, 0.2) is 18.2 Å². The van der Waals surface area contributed by atoms with Crippen molar-refractivity contribution in [2.75, 3.05) is 14.2 Å². The summed E-state index contributed by atoms with van der Waals surface area (Å²) in [7, 11) is 3.04. The lowest BCUT2D eigenvalue weighted by Crippen LogP contribution is -2.32. The maximum Gasteiger partial charge on any atom is 0.305 e. The van der Waals surface area contributed by atoms with Crippen molar-refractivity contribution in [2.24, 2.45) is 11.3 Å². The summed E-state index contributed by atoms with van der Waals surface area (Å²) in [5, 5.41) is 12.0. The number of hydrogen-bond acceptors (Lipinski definition) is 4. The van der Waals surface area contributed by atoms with Gasteiger partial charge in [-0.15, -0.1) is 0 Å². The van der Waals surface area contributed by atoms with E-state index in [1.165, 1.54) is 7.11 Å². The van der Waals surface area contributed by atoms with Crippen LogP contribution in [0.4, 0.5) is 0 Å². The summed E-state index contributed by atoms with van der Waals surface area (Å²) < 4.78 is 10.5. The first-order valence-electron chi connectivity index (χ1n) is 7.52. The van der Waals surface area contributed by atoms with Crippen LogP contribution >= 0.6 is 0 Å². The van der Waals surface area contributed by atoms with E-state index in [1.54, 1.807) is 25.3 Å². The normalized spacial score (nSPS) is 19.6. The van der Waals surface area contributed by atoms with Crippen LogP contribution < -0.4 is 14.8 Å². The topological polar surface area (TPSA) is 84.9 Å². The fourth-order valence-electron chi connectivity index (χ4n) is 2.71. The van der Waals surface area contributed by atoms with E-state index in [4.69, 9.17) is 14.6 Å². The summed E-state index contributed by atoms with van der Waals surface area (Å²) in [6, 6.07) is 4.48. The third-order valence-electron chi connectivity index (χ3n) is 4.34. The Morgan fingerprint density at radius 1 is 1.35 bits per heavy atom. The lowest BCUT2D eigenvalue weighted by molar-refractivity contribution is -0.137. The van der Waals surface area contributed by atoms with E-state index in [2.05, 4.69) is 5.32 Å². The number of benzene rings is 1. The van der Waals surface area contributed by atoms with Crippen LogP contribution in [0.3, 0.4) is 0 Å². The quantitative estimate of drug-likeness (QED) is 0.805. The summed E-state index contributed by atoms with van der Waals surface area (Å²) >= 11 is 0. The third-order valence-corrected chi connectivity index (χ3v) is 4.34. The van der Waals surface area contributed by atoms with Crippen LogP contribution in [0.5, 0.6) is 11.5 Å². The number of rotatable bonds is 7. The highest BCUT2D eigenvalue weighted by Gasteiger charge is 2.51. The number of carbonyl (C=O) groups is 2. The fourth-order valence-corrected chi connectivity index (χ4v) is 2.71. The van der Waals surface area contributed by atoms with Gasteiger partial charge in [-0.2, -0.15) is 0 Å². The minimum absolute atomic E-state index is 0.0121. The van der Waals surface area contributed by atoms with Crippen LogP contribution in [0.25, 0.3) is 0 Å². The highest BCUT2D eigenvalue weighted by molar-refractivity contribution is 5.83. The van der Waals surface area contributed by atoms with Gasteiger partial charge in [0.25, 0.3) is 0 Å². The monoisotopic (exact) mass is 321 g/mol. The molecule has 2 N–H and O–H groups in total. The van der Waals surface area contributed by atoms with Gasteiger partial charge in [-0.1, -0.05) is 13.8 Å². The van der Waals surface area contributed by atoms with E-state index in [1.807, 2.05) is 13.8 Å². The fraction of sp³-hybridized carbons (Fsp3) is 0.529. The van der Waals surface area contributed by atoms with Gasteiger partial charge in [0.2, 0.25) is 5.91 Å². The van der Waals surface area contributed by atoms with Crippen LogP contribution in [-0.4, -0.2) is 31.2 Å². The molecule has 0 bridgehead atoms. The molecule has 1 aromatic carbocycles. The summed E-state index contributed by atoms with van der Waals surface area (Å²) in [6.07, 6.45) is 0.611. The smallest absolute Gasteiger partial charge is 0.305 e. The summed E-state index contributed by atoms with van der Waals surface area (Å²) in [5.74, 6) is -0.0642. The van der Waals surface area contributed by atoms with Crippen molar-refractivity contribution in [3.05, 3.63) is 23.8 Å². The number of ether oxygens (including phenoxy) is 2. The molecule has 6 heteroatoms. The van der Waals surface area contributed by atoms with Crippen molar-refractivity contribution in [1.29, 1.82) is 0 Å². The lowest BCUT2D eigenvalue weighted by Gasteiger charge is -2.21. The number of aliphatic carboxylic acids is 1. The number of carbonyl (C=O) groups excluding carboxylic acids is 1. The highest BCUT2D eigenvalue weighted by Crippen LogP contribution is 2.51. The second-order valence-electron chi connectivity index (χ2n) is 6.51. The van der Waals surface area contributed by atoms with Crippen LogP contribution in [0.2, 0.25) is 0 Å². The van der Waals surface area contributed by atoms with Crippen LogP contribution in [0, 0.1) is 11.3 Å². The van der Waals surface area contributed by atoms with Crippen molar-refractivity contribution >= 4 is 11.9 Å². The third kappa shape index (κ3) is 3.94. The maximum atomic E-state index is 12.3. The Kier molecular flexibility index (Phi) is 4.82. The molecular weight excluding hydrogens is 298 g/mol. The number of amides is 1. The average molecular weight is 321 g/mol. The predicted octanol–water partition coefficient (Wildman–Crippen LogP) is 2.38. The van der Waals surface area contributed by atoms with Gasteiger partial charge in [0.15, 0.2) is 0 Å². The molecule has 1 saturated carbocycles. The second kappa shape index (κ2) is 6.48. The van der Waals surface area contributed by atoms with Gasteiger partial charge < -0.3 is 19.9 Å². The largest absolute Gasteiger partial charge is 0.497 e. The Labute approximate surface area is 135 Å². The number of carboxylic acid groups (broad SMARTS) is 1. The molecule has 126 valence electrons. The minimum atomic E-state index is -0.983. The minimum Gasteiger partial charge on any atom is -0.497 e. The Morgan fingerprint density at radius 2 is 2.00 bits per heavy atom. The first kappa shape index (κ1) is 17.1. The van der Waals surface area contributed by atoms with Crippen LogP contribution in [0.1, 0.15) is 38.3 Å². The van der Waals surface area contributed by atoms with E-state index in [-0.39, 0.29) is 23.7 Å². The number of nitrogens with one attached hydrogen (secondary N) is 1. The number of methoxy groups -OCH3 is 2. The molecule has 1 aliphatic rings. The van der Waals surface area contributed by atoms with Gasteiger partial charge >= 0.3 is 5.97 Å². The number of carboxylic acids is 1. The molecule has 1 amide bonds. The van der Waals surface area contributed by atoms with Crippen LogP contribution in [-0.2, 0) is 9.59 Å². The molecule has 23 heavy (non-hydrogen) atoms. The second-order valence-corrected chi connectivity index (χ2v) is 6.51. The van der Waals surface area contributed by atoms with Gasteiger partial charge in [-0.25, -0.2) is 0 Å². The first-order valence-corrected chi connectivity index (χ1v) is 7.52. The summed E-state index contributed by atoms with van der Waals surface area (Å²) in [6.45, 7) is 4.05. The molecule has 0 radical (unpaired) electrons. The Bertz CT molecular complexity index is 611. The Balaban J connectivity index is 2.24. The Hall–Kier alpha value is -2.24.